The molecule has 0 bridgehead atoms. The summed E-state index contributed by atoms with van der Waals surface area (Å²) in [6.45, 7) is 0. The van der Waals surface area contributed by atoms with E-state index in [1.54, 1.807) is 35.4 Å². The molecule has 0 saturated heterocycles. The first-order valence-corrected chi connectivity index (χ1v) is 7.36. The van der Waals surface area contributed by atoms with E-state index in [-0.39, 0.29) is 5.69 Å². The fraction of sp³-hybridized carbons (Fsp3) is 0. The molecule has 0 spiro atoms. The summed E-state index contributed by atoms with van der Waals surface area (Å²) in [5.74, 6) is 1.10. The first-order chi connectivity index (χ1) is 12.2. The summed E-state index contributed by atoms with van der Waals surface area (Å²) in [6.07, 6.45) is 6.08. The average Bonchev–Trinajstić information content (AvgIpc) is 3.17. The molecule has 0 aliphatic rings. The third-order valence-corrected chi connectivity index (χ3v) is 3.68. The van der Waals surface area contributed by atoms with Gasteiger partial charge < -0.3 is 4.74 Å². The van der Waals surface area contributed by atoms with Gasteiger partial charge in [-0.3, -0.25) is 15.1 Å². The largest absolute Gasteiger partial charge is 0.457 e. The van der Waals surface area contributed by atoms with Crippen molar-refractivity contribution in [3.05, 3.63) is 77.6 Å². The van der Waals surface area contributed by atoms with E-state index >= 15 is 0 Å². The number of nitro benzene ring substituents is 1. The lowest BCUT2D eigenvalue weighted by atomic mass is 10.1. The Hall–Kier alpha value is -3.81. The second-order valence-electron chi connectivity index (χ2n) is 5.20. The molecule has 4 rings (SSSR count). The van der Waals surface area contributed by atoms with Gasteiger partial charge >= 0.3 is 0 Å². The number of nitro groups is 1. The highest BCUT2D eigenvalue weighted by Crippen LogP contribution is 2.35. The summed E-state index contributed by atoms with van der Waals surface area (Å²) in [4.78, 5) is 18.6. The predicted molar refractivity (Wildman–Crippen MR) is 89.8 cm³/mol. The lowest BCUT2D eigenvalue weighted by molar-refractivity contribution is -0.383. The van der Waals surface area contributed by atoms with Crippen LogP contribution in [-0.2, 0) is 0 Å². The highest BCUT2D eigenvalue weighted by Gasteiger charge is 2.15. The highest BCUT2D eigenvalue weighted by molar-refractivity contribution is 5.94. The molecular weight excluding hydrogens is 322 g/mol. The third kappa shape index (κ3) is 2.76. The predicted octanol–water partition coefficient (Wildman–Crippen LogP) is 3.52. The summed E-state index contributed by atoms with van der Waals surface area (Å²) in [7, 11) is 0. The van der Waals surface area contributed by atoms with Crippen molar-refractivity contribution < 1.29 is 9.66 Å². The Morgan fingerprint density at radius 1 is 1.08 bits per heavy atom. The second-order valence-corrected chi connectivity index (χ2v) is 5.20. The molecular formula is C17H11N5O3. The molecule has 4 aromatic rings. The van der Waals surface area contributed by atoms with Gasteiger partial charge in [-0.05, 0) is 24.3 Å². The van der Waals surface area contributed by atoms with E-state index in [1.807, 2.05) is 18.2 Å². The number of rotatable bonds is 4. The zero-order valence-electron chi connectivity index (χ0n) is 12.8. The number of pyridine rings is 1. The normalized spacial score (nSPS) is 10.7. The molecule has 0 atom stereocenters. The molecule has 8 heteroatoms. The van der Waals surface area contributed by atoms with Crippen LogP contribution in [0.25, 0.3) is 16.5 Å². The zero-order valence-corrected chi connectivity index (χ0v) is 12.8. The zero-order chi connectivity index (χ0) is 17.2. The minimum atomic E-state index is -0.431. The van der Waals surface area contributed by atoms with Crippen LogP contribution in [0, 0.1) is 10.1 Å². The van der Waals surface area contributed by atoms with Crippen molar-refractivity contribution in [1.82, 2.24) is 19.7 Å². The van der Waals surface area contributed by atoms with Crippen LogP contribution >= 0.6 is 0 Å². The maximum Gasteiger partial charge on any atom is 0.279 e. The van der Waals surface area contributed by atoms with Crippen molar-refractivity contribution in [3.63, 3.8) is 0 Å². The van der Waals surface area contributed by atoms with E-state index in [2.05, 4.69) is 15.1 Å². The smallest absolute Gasteiger partial charge is 0.279 e. The topological polar surface area (TPSA) is 96.0 Å². The molecule has 2 aromatic heterocycles. The molecule has 122 valence electrons. The fourth-order valence-electron chi connectivity index (χ4n) is 2.55. The minimum Gasteiger partial charge on any atom is -0.457 e. The first-order valence-electron chi connectivity index (χ1n) is 7.36. The van der Waals surface area contributed by atoms with Gasteiger partial charge in [0.05, 0.1) is 16.0 Å². The van der Waals surface area contributed by atoms with Crippen molar-refractivity contribution >= 4 is 16.5 Å². The molecule has 0 aliphatic heterocycles. The Morgan fingerprint density at radius 3 is 2.80 bits per heavy atom. The number of nitrogens with zero attached hydrogens (tertiary/aromatic N) is 5. The second kappa shape index (κ2) is 6.00. The van der Waals surface area contributed by atoms with Gasteiger partial charge in [-0.15, -0.1) is 0 Å². The molecule has 0 aliphatic carbocycles. The summed E-state index contributed by atoms with van der Waals surface area (Å²) in [5.41, 5.74) is 0.787. The van der Waals surface area contributed by atoms with Crippen molar-refractivity contribution in [2.45, 2.75) is 0 Å². The van der Waals surface area contributed by atoms with Gasteiger partial charge in [0.1, 0.15) is 24.2 Å². The van der Waals surface area contributed by atoms with Gasteiger partial charge in [0.15, 0.2) is 0 Å². The SMILES string of the molecule is O=[N+]([O-])c1ccc(Oc2cccc(-n3cncn3)c2)c2ccncc12. The monoisotopic (exact) mass is 333 g/mol. The average molecular weight is 333 g/mol. The number of ether oxygens (including phenoxy) is 1. The molecule has 0 N–H and O–H groups in total. The molecule has 0 saturated carbocycles. The van der Waals surface area contributed by atoms with Crippen LogP contribution in [0.5, 0.6) is 11.5 Å². The first kappa shape index (κ1) is 14.8. The number of hydrogen-bond acceptors (Lipinski definition) is 6. The highest BCUT2D eigenvalue weighted by atomic mass is 16.6. The lowest BCUT2D eigenvalue weighted by Crippen LogP contribution is -1.95. The summed E-state index contributed by atoms with van der Waals surface area (Å²) >= 11 is 0. The number of aromatic nitrogens is 4. The van der Waals surface area contributed by atoms with Crippen molar-refractivity contribution in [2.75, 3.05) is 0 Å². The summed E-state index contributed by atoms with van der Waals surface area (Å²) < 4.78 is 7.57. The number of fused-ring (bicyclic) bond motifs is 1. The van der Waals surface area contributed by atoms with Crippen LogP contribution in [0.15, 0.2) is 67.5 Å². The standard InChI is InChI=1S/C17H11N5O3/c23-22(24)16-4-5-17(14-6-7-18-9-15(14)16)25-13-3-1-2-12(8-13)21-11-19-10-20-21/h1-11H. The van der Waals surface area contributed by atoms with Crippen molar-refractivity contribution in [3.8, 4) is 17.2 Å². The maximum absolute atomic E-state index is 11.2. The van der Waals surface area contributed by atoms with E-state index < -0.39 is 4.92 Å². The quantitative estimate of drug-likeness (QED) is 0.419. The maximum atomic E-state index is 11.2. The van der Waals surface area contributed by atoms with E-state index in [0.29, 0.717) is 22.3 Å². The van der Waals surface area contributed by atoms with E-state index in [9.17, 15) is 10.1 Å². The van der Waals surface area contributed by atoms with Crippen molar-refractivity contribution in [1.29, 1.82) is 0 Å². The Labute approximate surface area is 141 Å². The van der Waals surface area contributed by atoms with Gasteiger partial charge in [-0.1, -0.05) is 6.07 Å². The number of hydrogen-bond donors (Lipinski definition) is 0. The molecule has 0 unspecified atom stereocenters. The lowest BCUT2D eigenvalue weighted by Gasteiger charge is -2.10. The van der Waals surface area contributed by atoms with Crippen LogP contribution in [-0.4, -0.2) is 24.7 Å². The molecule has 0 amide bonds. The Bertz CT molecular complexity index is 1060. The molecule has 8 nitrogen and oxygen atoms in total. The van der Waals surface area contributed by atoms with Gasteiger partial charge in [0.2, 0.25) is 0 Å². The molecule has 0 fully saturated rings. The Balaban J connectivity index is 1.76. The van der Waals surface area contributed by atoms with Crippen LogP contribution in [0.1, 0.15) is 0 Å². The number of benzene rings is 2. The Kier molecular flexibility index (Phi) is 3.55. The molecule has 0 radical (unpaired) electrons. The minimum absolute atomic E-state index is 0.00758. The van der Waals surface area contributed by atoms with Gasteiger partial charge in [-0.25, -0.2) is 9.67 Å². The number of non-ortho nitro benzene ring substituents is 1. The fourth-order valence-corrected chi connectivity index (χ4v) is 2.55. The van der Waals surface area contributed by atoms with Crippen molar-refractivity contribution in [2.24, 2.45) is 0 Å². The molecule has 2 aromatic carbocycles. The molecule has 2 heterocycles. The van der Waals surface area contributed by atoms with E-state index in [1.165, 1.54) is 18.6 Å². The van der Waals surface area contributed by atoms with Crippen LogP contribution in [0.3, 0.4) is 0 Å². The van der Waals surface area contributed by atoms with Crippen LogP contribution in [0.4, 0.5) is 5.69 Å². The Morgan fingerprint density at radius 2 is 2.00 bits per heavy atom. The van der Waals surface area contributed by atoms with Gasteiger partial charge in [-0.2, -0.15) is 5.10 Å². The molecule has 25 heavy (non-hydrogen) atoms. The van der Waals surface area contributed by atoms with Crippen LogP contribution < -0.4 is 4.74 Å². The summed E-state index contributed by atoms with van der Waals surface area (Å²) in [5, 5.41) is 16.3. The van der Waals surface area contributed by atoms with Crippen LogP contribution in [0.2, 0.25) is 0 Å². The van der Waals surface area contributed by atoms with Gasteiger partial charge in [0, 0.05) is 29.9 Å². The van der Waals surface area contributed by atoms with Gasteiger partial charge in [0.25, 0.3) is 5.69 Å². The van der Waals surface area contributed by atoms with E-state index in [0.717, 1.165) is 5.69 Å². The van der Waals surface area contributed by atoms with E-state index in [4.69, 9.17) is 4.74 Å². The summed E-state index contributed by atoms with van der Waals surface area (Å²) in [6, 6.07) is 12.0. The third-order valence-electron chi connectivity index (χ3n) is 3.68.